The smallest absolute Gasteiger partial charge is 0.407 e. The van der Waals surface area contributed by atoms with Crippen LogP contribution in [0.4, 0.5) is 9.59 Å². The lowest BCUT2D eigenvalue weighted by Gasteiger charge is -2.30. The molecule has 0 bridgehead atoms. The fraction of sp³-hybridized carbons (Fsp3) is 0.477. The third kappa shape index (κ3) is 8.81. The maximum atomic E-state index is 13.7. The molecule has 5 heterocycles. The number of ether oxygens (including phenoxy) is 2. The average Bonchev–Trinajstić information content (AvgIpc) is 4.07. The topological polar surface area (TPSA) is 188 Å². The molecular formula is C44H53N9O6. The first kappa shape index (κ1) is 41.0. The van der Waals surface area contributed by atoms with E-state index in [9.17, 15) is 19.2 Å². The number of nitrogens with zero attached hydrogens (tertiary/aromatic N) is 5. The Balaban J connectivity index is 1.03. The number of pyridine rings is 1. The van der Waals surface area contributed by atoms with Crippen LogP contribution in [0.5, 0.6) is 0 Å². The molecule has 3 aromatic heterocycles. The van der Waals surface area contributed by atoms with Crippen molar-refractivity contribution >= 4 is 24.0 Å². The van der Waals surface area contributed by atoms with Crippen LogP contribution >= 0.6 is 0 Å². The molecule has 0 spiro atoms. The van der Waals surface area contributed by atoms with Crippen molar-refractivity contribution in [3.8, 4) is 34.5 Å². The Kier molecular flexibility index (Phi) is 12.3. The van der Waals surface area contributed by atoms with Gasteiger partial charge in [-0.05, 0) is 86.6 Å². The van der Waals surface area contributed by atoms with E-state index in [0.717, 1.165) is 84.5 Å². The van der Waals surface area contributed by atoms with Crippen molar-refractivity contribution in [2.75, 3.05) is 27.3 Å². The van der Waals surface area contributed by atoms with E-state index in [4.69, 9.17) is 14.5 Å². The Hall–Kier alpha value is -6.17. The molecule has 4 amide bonds. The average molecular weight is 804 g/mol. The summed E-state index contributed by atoms with van der Waals surface area (Å²) in [5, 5.41) is 5.41. The summed E-state index contributed by atoms with van der Waals surface area (Å²) in [6.45, 7) is 8.79. The van der Waals surface area contributed by atoms with Gasteiger partial charge >= 0.3 is 12.2 Å². The van der Waals surface area contributed by atoms with Gasteiger partial charge < -0.3 is 39.9 Å². The minimum absolute atomic E-state index is 0.106. The normalized spacial score (nSPS) is 18.3. The molecule has 1 aromatic carbocycles. The highest BCUT2D eigenvalue weighted by molar-refractivity contribution is 5.87. The second-order valence-electron chi connectivity index (χ2n) is 16.1. The number of carbonyl (C=O) groups excluding carboxylic acids is 4. The minimum atomic E-state index is -0.701. The second-order valence-corrected chi connectivity index (χ2v) is 16.1. The number of aromatic amines is 2. The first-order valence-corrected chi connectivity index (χ1v) is 20.5. The monoisotopic (exact) mass is 803 g/mol. The minimum Gasteiger partial charge on any atom is -0.453 e. The number of benzene rings is 1. The summed E-state index contributed by atoms with van der Waals surface area (Å²) >= 11 is 0. The highest BCUT2D eigenvalue weighted by Gasteiger charge is 2.39. The van der Waals surface area contributed by atoms with Crippen LogP contribution in [0.25, 0.3) is 22.6 Å². The van der Waals surface area contributed by atoms with Gasteiger partial charge in [-0.25, -0.2) is 19.6 Å². The van der Waals surface area contributed by atoms with Crippen molar-refractivity contribution in [2.45, 2.75) is 96.8 Å². The van der Waals surface area contributed by atoms with Crippen LogP contribution in [0.1, 0.15) is 106 Å². The molecule has 15 nitrogen and oxygen atoms in total. The lowest BCUT2D eigenvalue weighted by Crippen LogP contribution is -2.51. The molecule has 4 unspecified atom stereocenters. The first-order chi connectivity index (χ1) is 28.4. The molecule has 4 aromatic rings. The Labute approximate surface area is 344 Å². The molecule has 0 saturated carbocycles. The Bertz CT molecular complexity index is 2250. The van der Waals surface area contributed by atoms with Crippen LogP contribution < -0.4 is 10.6 Å². The van der Waals surface area contributed by atoms with Crippen molar-refractivity contribution < 1.29 is 28.7 Å². The van der Waals surface area contributed by atoms with Crippen LogP contribution in [-0.2, 0) is 31.9 Å². The molecule has 2 aliphatic heterocycles. The third-order valence-corrected chi connectivity index (χ3v) is 11.5. The SMILES string of the molecule is COC(=O)NC(C(=O)N1CCCC1c1ncc(-c2ccc(C#Cc3ccc4c(c3)CCCc3[nH]c(C5CCCN5C(=O)C(NC(=O)OC)C(C)C)nc3-4)cn2)[nH]1)C(C)C. The van der Waals surface area contributed by atoms with Crippen LogP contribution in [-0.4, -0.2) is 98.1 Å². The van der Waals surface area contributed by atoms with Crippen molar-refractivity contribution in [2.24, 2.45) is 11.8 Å². The lowest BCUT2D eigenvalue weighted by molar-refractivity contribution is -0.136. The Morgan fingerprint density at radius 2 is 1.36 bits per heavy atom. The number of carbonyl (C=O) groups is 4. The van der Waals surface area contributed by atoms with Gasteiger partial charge in [0, 0.05) is 41.7 Å². The number of alkyl carbamates (subject to hydrolysis) is 2. The number of imidazole rings is 2. The maximum absolute atomic E-state index is 13.7. The molecular weight excluding hydrogens is 751 g/mol. The van der Waals surface area contributed by atoms with E-state index in [1.54, 1.807) is 17.3 Å². The largest absolute Gasteiger partial charge is 0.453 e. The summed E-state index contributed by atoms with van der Waals surface area (Å²) in [7, 11) is 2.58. The van der Waals surface area contributed by atoms with Crippen LogP contribution in [0.2, 0.25) is 0 Å². The van der Waals surface area contributed by atoms with Gasteiger partial charge in [0.25, 0.3) is 0 Å². The fourth-order valence-electron chi connectivity index (χ4n) is 8.35. The number of hydrogen-bond acceptors (Lipinski definition) is 9. The number of fused-ring (bicyclic) bond motifs is 3. The first-order valence-electron chi connectivity index (χ1n) is 20.5. The Morgan fingerprint density at radius 1 is 0.746 bits per heavy atom. The molecule has 2 saturated heterocycles. The summed E-state index contributed by atoms with van der Waals surface area (Å²) in [4.78, 5) is 76.2. The molecule has 59 heavy (non-hydrogen) atoms. The van der Waals surface area contributed by atoms with E-state index in [1.807, 2.05) is 50.8 Å². The van der Waals surface area contributed by atoms with Crippen LogP contribution in [0.3, 0.4) is 0 Å². The molecule has 15 heteroatoms. The van der Waals surface area contributed by atoms with Crippen molar-refractivity contribution in [1.29, 1.82) is 0 Å². The van der Waals surface area contributed by atoms with Gasteiger partial charge in [-0.15, -0.1) is 0 Å². The van der Waals surface area contributed by atoms with E-state index >= 15 is 0 Å². The molecule has 4 atom stereocenters. The van der Waals surface area contributed by atoms with Crippen molar-refractivity contribution in [3.05, 3.63) is 76.8 Å². The van der Waals surface area contributed by atoms with E-state index in [2.05, 4.69) is 54.5 Å². The van der Waals surface area contributed by atoms with Crippen molar-refractivity contribution in [1.82, 2.24) is 45.4 Å². The number of aryl methyl sites for hydroxylation is 2. The summed E-state index contributed by atoms with van der Waals surface area (Å²) in [5.41, 5.74) is 7.35. The predicted octanol–water partition coefficient (Wildman–Crippen LogP) is 5.84. The van der Waals surface area contributed by atoms with E-state index in [-0.39, 0.29) is 35.7 Å². The van der Waals surface area contributed by atoms with Crippen molar-refractivity contribution in [3.63, 3.8) is 0 Å². The van der Waals surface area contributed by atoms with Gasteiger partial charge in [0.15, 0.2) is 0 Å². The van der Waals surface area contributed by atoms with Gasteiger partial charge in [0.05, 0.1) is 49.6 Å². The van der Waals surface area contributed by atoms with Crippen LogP contribution in [0.15, 0.2) is 42.7 Å². The van der Waals surface area contributed by atoms with E-state index < -0.39 is 24.3 Å². The zero-order valence-corrected chi connectivity index (χ0v) is 34.6. The molecule has 1 aliphatic carbocycles. The zero-order valence-electron chi connectivity index (χ0n) is 34.6. The second kappa shape index (κ2) is 17.8. The molecule has 2 fully saturated rings. The van der Waals surface area contributed by atoms with Gasteiger partial charge in [-0.3, -0.25) is 14.6 Å². The number of hydrogen-bond donors (Lipinski definition) is 4. The molecule has 310 valence electrons. The fourth-order valence-corrected chi connectivity index (χ4v) is 8.35. The standard InChI is InChI=1S/C44H53N9O6/c1-25(2)36(50-43(56)58-5)41(54)52-20-8-12-34(52)39-46-24-33(48-39)31-19-17-28(23-45-31)15-14-27-16-18-30-29(22-27)10-7-11-32-38(30)49-40(47-32)35-13-9-21-53(35)42(55)37(26(3)4)51-44(57)59-6/h16-19,22-26,34-37H,7-13,20-21H2,1-6H3,(H,46,48)(H,47,49)(H,50,56)(H,51,57). The Morgan fingerprint density at radius 3 is 1.95 bits per heavy atom. The number of nitrogens with one attached hydrogen (secondary N) is 4. The predicted molar refractivity (Wildman–Crippen MR) is 220 cm³/mol. The third-order valence-electron chi connectivity index (χ3n) is 11.5. The highest BCUT2D eigenvalue weighted by Crippen LogP contribution is 2.37. The molecule has 4 N–H and O–H groups in total. The highest BCUT2D eigenvalue weighted by atomic mass is 16.5. The summed E-state index contributed by atoms with van der Waals surface area (Å²) in [5.74, 6) is 7.53. The maximum Gasteiger partial charge on any atom is 0.407 e. The molecule has 0 radical (unpaired) electrons. The summed E-state index contributed by atoms with van der Waals surface area (Å²) in [6.07, 6.45) is 8.15. The van der Waals surface area contributed by atoms with Gasteiger partial charge in [0.1, 0.15) is 23.7 Å². The lowest BCUT2D eigenvalue weighted by atomic mass is 10.00. The number of amides is 4. The number of methoxy groups -OCH3 is 2. The number of aromatic nitrogens is 5. The molecule has 3 aliphatic rings. The van der Waals surface area contributed by atoms with Gasteiger partial charge in [0.2, 0.25) is 11.8 Å². The van der Waals surface area contributed by atoms with Crippen LogP contribution in [0, 0.1) is 23.7 Å². The van der Waals surface area contributed by atoms with Gasteiger partial charge in [-0.1, -0.05) is 45.6 Å². The zero-order chi connectivity index (χ0) is 41.8. The number of rotatable bonds is 9. The molecule has 7 rings (SSSR count). The summed E-state index contributed by atoms with van der Waals surface area (Å²) < 4.78 is 9.54. The number of likely N-dealkylation sites (tertiary alicyclic amines) is 2. The van der Waals surface area contributed by atoms with E-state index in [0.29, 0.717) is 24.6 Å². The van der Waals surface area contributed by atoms with Gasteiger partial charge in [-0.2, -0.15) is 0 Å². The summed E-state index contributed by atoms with van der Waals surface area (Å²) in [6, 6.07) is 8.26. The number of H-pyrrole nitrogens is 2. The quantitative estimate of drug-likeness (QED) is 0.151. The van der Waals surface area contributed by atoms with E-state index in [1.165, 1.54) is 19.8 Å².